The number of allylic oxidation sites excluding steroid dienone is 2. The van der Waals surface area contributed by atoms with Gasteiger partial charge in [0, 0.05) is 12.5 Å². The van der Waals surface area contributed by atoms with Gasteiger partial charge in [-0.15, -0.1) is 0 Å². The highest BCUT2D eigenvalue weighted by atomic mass is 32.2. The van der Waals surface area contributed by atoms with Gasteiger partial charge in [0.05, 0.1) is 4.90 Å². The summed E-state index contributed by atoms with van der Waals surface area (Å²) in [6, 6.07) is 9.54. The van der Waals surface area contributed by atoms with Gasteiger partial charge in [-0.05, 0) is 50.3 Å². The molecule has 0 saturated heterocycles. The predicted molar refractivity (Wildman–Crippen MR) is 97.5 cm³/mol. The second-order valence-corrected chi connectivity index (χ2v) is 7.61. The molecule has 0 aromatic heterocycles. The molecule has 1 aliphatic rings. The van der Waals surface area contributed by atoms with Crippen LogP contribution in [0.1, 0.15) is 44.6 Å². The molecule has 0 saturated carbocycles. The molecule has 0 unspecified atom stereocenters. The number of benzene rings is 1. The van der Waals surface area contributed by atoms with Crippen LogP contribution in [0.4, 0.5) is 0 Å². The lowest BCUT2D eigenvalue weighted by Gasteiger charge is -2.15. The Bertz CT molecular complexity index is 812. The van der Waals surface area contributed by atoms with Crippen LogP contribution in [0.25, 0.3) is 0 Å². The van der Waals surface area contributed by atoms with E-state index < -0.39 is 10.0 Å². The molecule has 1 aliphatic carbocycles. The summed E-state index contributed by atoms with van der Waals surface area (Å²) < 4.78 is 26.7. The van der Waals surface area contributed by atoms with Gasteiger partial charge in [-0.25, -0.2) is 12.7 Å². The van der Waals surface area contributed by atoms with E-state index in [1.807, 2.05) is 13.8 Å². The van der Waals surface area contributed by atoms with Gasteiger partial charge in [0.25, 0.3) is 10.0 Å². The summed E-state index contributed by atoms with van der Waals surface area (Å²) in [6.07, 6.45) is 7.15. The second-order valence-electron chi connectivity index (χ2n) is 5.74. The smallest absolute Gasteiger partial charge is 0.212 e. The monoisotopic (exact) mass is 341 g/mol. The zero-order chi connectivity index (χ0) is 17.4. The van der Waals surface area contributed by atoms with E-state index >= 15 is 0 Å². The van der Waals surface area contributed by atoms with Crippen molar-refractivity contribution in [3.8, 4) is 23.8 Å². The zero-order valence-corrected chi connectivity index (χ0v) is 15.1. The van der Waals surface area contributed by atoms with Crippen molar-refractivity contribution in [1.82, 2.24) is 4.31 Å². The fraction of sp³-hybridized carbons (Fsp3) is 0.400. The highest BCUT2D eigenvalue weighted by Crippen LogP contribution is 2.17. The third-order valence-corrected chi connectivity index (χ3v) is 5.42. The van der Waals surface area contributed by atoms with E-state index in [0.29, 0.717) is 6.42 Å². The van der Waals surface area contributed by atoms with Crippen molar-refractivity contribution in [3.63, 3.8) is 0 Å². The minimum atomic E-state index is -3.66. The SMILES string of the molecule is CCC#CN(CC#CC1=CCCCC1)S(=O)(=O)c1ccc(C)cc1. The van der Waals surface area contributed by atoms with E-state index in [0.717, 1.165) is 34.7 Å². The van der Waals surface area contributed by atoms with Gasteiger partial charge in [-0.1, -0.05) is 48.5 Å². The van der Waals surface area contributed by atoms with Crippen LogP contribution in [0, 0.1) is 30.7 Å². The highest BCUT2D eigenvalue weighted by Gasteiger charge is 2.21. The molecule has 4 heteroatoms. The summed E-state index contributed by atoms with van der Waals surface area (Å²) in [7, 11) is -3.66. The summed E-state index contributed by atoms with van der Waals surface area (Å²) in [5.41, 5.74) is 2.13. The Kier molecular flexibility index (Phi) is 6.53. The molecule has 0 spiro atoms. The highest BCUT2D eigenvalue weighted by molar-refractivity contribution is 7.89. The Labute approximate surface area is 145 Å². The van der Waals surface area contributed by atoms with Gasteiger partial charge >= 0.3 is 0 Å². The summed E-state index contributed by atoms with van der Waals surface area (Å²) in [4.78, 5) is 0.247. The third kappa shape index (κ3) is 4.91. The summed E-state index contributed by atoms with van der Waals surface area (Å²) in [5.74, 6) is 8.91. The molecule has 0 bridgehead atoms. The number of hydrogen-bond acceptors (Lipinski definition) is 2. The minimum absolute atomic E-state index is 0.0839. The molecule has 126 valence electrons. The average Bonchev–Trinajstić information content (AvgIpc) is 2.59. The van der Waals surface area contributed by atoms with Crippen LogP contribution >= 0.6 is 0 Å². The van der Waals surface area contributed by atoms with Gasteiger partial charge in [0.2, 0.25) is 0 Å². The molecule has 0 N–H and O–H groups in total. The van der Waals surface area contributed by atoms with Gasteiger partial charge in [0.15, 0.2) is 0 Å². The minimum Gasteiger partial charge on any atom is -0.212 e. The lowest BCUT2D eigenvalue weighted by atomic mass is 10.0. The third-order valence-electron chi connectivity index (χ3n) is 3.75. The standard InChI is InChI=1S/C20H23NO2S/c1-3-4-16-21(17-8-11-19-9-6-5-7-10-19)24(22,23)20-14-12-18(2)13-15-20/h9,12-15H,3,5-7,10,17H2,1-2H3. The second kappa shape index (κ2) is 8.62. The largest absolute Gasteiger partial charge is 0.271 e. The summed E-state index contributed by atoms with van der Waals surface area (Å²) in [5, 5.41) is 0. The van der Waals surface area contributed by atoms with Crippen molar-refractivity contribution in [3.05, 3.63) is 41.5 Å². The molecule has 0 fully saturated rings. The number of sulfonamides is 1. The van der Waals surface area contributed by atoms with E-state index in [4.69, 9.17) is 0 Å². The van der Waals surface area contributed by atoms with E-state index in [1.165, 1.54) is 6.42 Å². The van der Waals surface area contributed by atoms with Crippen LogP contribution in [-0.2, 0) is 10.0 Å². The lowest BCUT2D eigenvalue weighted by molar-refractivity contribution is 0.535. The van der Waals surface area contributed by atoms with Gasteiger partial charge < -0.3 is 0 Å². The lowest BCUT2D eigenvalue weighted by Crippen LogP contribution is -2.27. The first kappa shape index (κ1) is 18.2. The molecule has 24 heavy (non-hydrogen) atoms. The van der Waals surface area contributed by atoms with Crippen LogP contribution in [0.2, 0.25) is 0 Å². The summed E-state index contributed by atoms with van der Waals surface area (Å²) >= 11 is 0. The average molecular weight is 341 g/mol. The first-order valence-corrected chi connectivity index (χ1v) is 9.74. The Morgan fingerprint density at radius 1 is 1.12 bits per heavy atom. The fourth-order valence-corrected chi connectivity index (χ4v) is 3.52. The van der Waals surface area contributed by atoms with Crippen LogP contribution in [0.15, 0.2) is 40.8 Å². The molecule has 1 aromatic carbocycles. The molecular weight excluding hydrogens is 318 g/mol. The van der Waals surface area contributed by atoms with Crippen molar-refractivity contribution in [2.24, 2.45) is 0 Å². The molecular formula is C20H23NO2S. The normalized spacial score (nSPS) is 13.8. The molecule has 0 amide bonds. The molecule has 1 aromatic rings. The van der Waals surface area contributed by atoms with Crippen molar-refractivity contribution in [2.75, 3.05) is 6.54 Å². The first-order valence-electron chi connectivity index (χ1n) is 8.30. The van der Waals surface area contributed by atoms with Gasteiger partial charge in [0.1, 0.15) is 6.54 Å². The Morgan fingerprint density at radius 2 is 1.88 bits per heavy atom. The Balaban J connectivity index is 2.23. The molecule has 0 heterocycles. The van der Waals surface area contributed by atoms with E-state index in [2.05, 4.69) is 29.9 Å². The van der Waals surface area contributed by atoms with E-state index in [9.17, 15) is 8.42 Å². The molecule has 2 rings (SSSR count). The van der Waals surface area contributed by atoms with Gasteiger partial charge in [-0.2, -0.15) is 0 Å². The quantitative estimate of drug-likeness (QED) is 0.618. The predicted octanol–water partition coefficient (Wildman–Crippen LogP) is 3.86. The maximum absolute atomic E-state index is 12.8. The van der Waals surface area contributed by atoms with Crippen LogP contribution in [0.5, 0.6) is 0 Å². The van der Waals surface area contributed by atoms with E-state index in [1.54, 1.807) is 24.3 Å². The number of nitrogens with zero attached hydrogens (tertiary/aromatic N) is 1. The maximum Gasteiger partial charge on any atom is 0.271 e. The van der Waals surface area contributed by atoms with Crippen molar-refractivity contribution < 1.29 is 8.42 Å². The Hall–Kier alpha value is -2.17. The van der Waals surface area contributed by atoms with E-state index in [-0.39, 0.29) is 11.4 Å². The van der Waals surface area contributed by atoms with Crippen molar-refractivity contribution in [1.29, 1.82) is 0 Å². The van der Waals surface area contributed by atoms with Crippen molar-refractivity contribution in [2.45, 2.75) is 50.8 Å². The summed E-state index contributed by atoms with van der Waals surface area (Å²) in [6.45, 7) is 3.90. The van der Waals surface area contributed by atoms with Crippen LogP contribution in [-0.4, -0.2) is 19.3 Å². The van der Waals surface area contributed by atoms with Gasteiger partial charge in [-0.3, -0.25) is 0 Å². The number of hydrogen-bond donors (Lipinski definition) is 0. The van der Waals surface area contributed by atoms with Crippen LogP contribution < -0.4 is 0 Å². The molecule has 0 atom stereocenters. The maximum atomic E-state index is 12.8. The topological polar surface area (TPSA) is 37.4 Å². The van der Waals surface area contributed by atoms with Crippen LogP contribution in [0.3, 0.4) is 0 Å². The number of aryl methyl sites for hydroxylation is 1. The Morgan fingerprint density at radius 3 is 2.50 bits per heavy atom. The zero-order valence-electron chi connectivity index (χ0n) is 14.3. The fourth-order valence-electron chi connectivity index (χ4n) is 2.37. The van der Waals surface area contributed by atoms with Crippen molar-refractivity contribution >= 4 is 10.0 Å². The number of rotatable bonds is 3. The first-order chi connectivity index (χ1) is 11.5. The molecule has 3 nitrogen and oxygen atoms in total. The molecule has 0 radical (unpaired) electrons. The molecule has 0 aliphatic heterocycles.